The quantitative estimate of drug-likeness (QED) is 0.591. The van der Waals surface area contributed by atoms with Gasteiger partial charge in [-0.05, 0) is 24.2 Å². The SMILES string of the molecule is C=C[C@@H]1[C@H](CO)[C@H]1CCC. The van der Waals surface area contributed by atoms with Gasteiger partial charge in [0.25, 0.3) is 0 Å². The summed E-state index contributed by atoms with van der Waals surface area (Å²) in [5.41, 5.74) is 0. The molecule has 0 heterocycles. The molecule has 0 saturated heterocycles. The van der Waals surface area contributed by atoms with Gasteiger partial charge in [0, 0.05) is 6.61 Å². The number of hydrogen-bond donors (Lipinski definition) is 1. The third-order valence-corrected chi connectivity index (χ3v) is 2.50. The third-order valence-electron chi connectivity index (χ3n) is 2.50. The minimum absolute atomic E-state index is 0.349. The van der Waals surface area contributed by atoms with E-state index in [2.05, 4.69) is 13.5 Å². The van der Waals surface area contributed by atoms with Crippen molar-refractivity contribution in [1.82, 2.24) is 0 Å². The fraction of sp³-hybridized carbons (Fsp3) is 0.778. The first kappa shape index (κ1) is 7.80. The fourth-order valence-corrected chi connectivity index (χ4v) is 1.82. The molecule has 3 atom stereocenters. The summed E-state index contributed by atoms with van der Waals surface area (Å²) in [7, 11) is 0. The van der Waals surface area contributed by atoms with Crippen LogP contribution in [0.1, 0.15) is 19.8 Å². The van der Waals surface area contributed by atoms with Crippen molar-refractivity contribution in [3.63, 3.8) is 0 Å². The highest BCUT2D eigenvalue weighted by atomic mass is 16.3. The van der Waals surface area contributed by atoms with E-state index in [0.29, 0.717) is 18.4 Å². The first-order valence-corrected chi connectivity index (χ1v) is 4.08. The van der Waals surface area contributed by atoms with E-state index in [1.165, 1.54) is 12.8 Å². The predicted octanol–water partition coefficient (Wildman–Crippen LogP) is 1.83. The Labute approximate surface area is 62.8 Å². The van der Waals surface area contributed by atoms with Crippen molar-refractivity contribution in [2.75, 3.05) is 6.61 Å². The van der Waals surface area contributed by atoms with Crippen molar-refractivity contribution in [3.05, 3.63) is 12.7 Å². The Morgan fingerprint density at radius 1 is 1.50 bits per heavy atom. The minimum atomic E-state index is 0.349. The van der Waals surface area contributed by atoms with Crippen LogP contribution in [0.15, 0.2) is 12.7 Å². The van der Waals surface area contributed by atoms with Crippen molar-refractivity contribution in [2.24, 2.45) is 17.8 Å². The summed E-state index contributed by atoms with van der Waals surface area (Å²) in [4.78, 5) is 0. The lowest BCUT2D eigenvalue weighted by Gasteiger charge is -1.89. The molecule has 1 fully saturated rings. The average molecular weight is 140 g/mol. The van der Waals surface area contributed by atoms with Crippen LogP contribution >= 0.6 is 0 Å². The molecule has 0 aromatic rings. The lowest BCUT2D eigenvalue weighted by atomic mass is 10.2. The highest BCUT2D eigenvalue weighted by molar-refractivity contribution is 5.05. The van der Waals surface area contributed by atoms with Gasteiger partial charge in [-0.15, -0.1) is 6.58 Å². The molecule has 1 aliphatic carbocycles. The van der Waals surface area contributed by atoms with Gasteiger partial charge in [-0.3, -0.25) is 0 Å². The average Bonchev–Trinajstić information content (AvgIpc) is 2.62. The summed E-state index contributed by atoms with van der Waals surface area (Å²) < 4.78 is 0. The second kappa shape index (κ2) is 3.20. The number of hydrogen-bond acceptors (Lipinski definition) is 1. The third kappa shape index (κ3) is 1.24. The summed E-state index contributed by atoms with van der Waals surface area (Å²) >= 11 is 0. The number of aliphatic hydroxyl groups excluding tert-OH is 1. The Bertz CT molecular complexity index is 120. The molecule has 1 rings (SSSR count). The van der Waals surface area contributed by atoms with Crippen molar-refractivity contribution in [3.8, 4) is 0 Å². The maximum atomic E-state index is 8.86. The molecule has 0 spiro atoms. The van der Waals surface area contributed by atoms with Gasteiger partial charge in [0.1, 0.15) is 0 Å². The van der Waals surface area contributed by atoms with Gasteiger partial charge in [-0.1, -0.05) is 19.4 Å². The first-order chi connectivity index (χ1) is 4.85. The zero-order valence-electron chi connectivity index (χ0n) is 6.59. The topological polar surface area (TPSA) is 20.2 Å². The van der Waals surface area contributed by atoms with E-state index in [9.17, 15) is 0 Å². The van der Waals surface area contributed by atoms with Crippen LogP contribution in [0, 0.1) is 17.8 Å². The van der Waals surface area contributed by atoms with E-state index < -0.39 is 0 Å². The molecule has 1 N–H and O–H groups in total. The molecule has 0 radical (unpaired) electrons. The maximum absolute atomic E-state index is 8.86. The lowest BCUT2D eigenvalue weighted by Crippen LogP contribution is -1.87. The van der Waals surface area contributed by atoms with E-state index in [1.807, 2.05) is 6.08 Å². The highest BCUT2D eigenvalue weighted by Crippen LogP contribution is 2.49. The van der Waals surface area contributed by atoms with Crippen molar-refractivity contribution in [2.45, 2.75) is 19.8 Å². The molecule has 0 aromatic heterocycles. The molecule has 1 heteroatoms. The largest absolute Gasteiger partial charge is 0.396 e. The van der Waals surface area contributed by atoms with Crippen LogP contribution in [-0.4, -0.2) is 11.7 Å². The zero-order chi connectivity index (χ0) is 7.56. The van der Waals surface area contributed by atoms with Crippen LogP contribution in [-0.2, 0) is 0 Å². The smallest absolute Gasteiger partial charge is 0.0467 e. The molecule has 0 unspecified atom stereocenters. The molecule has 0 aliphatic heterocycles. The normalized spacial score (nSPS) is 37.6. The molecule has 1 aliphatic rings. The van der Waals surface area contributed by atoms with Crippen LogP contribution in [0.25, 0.3) is 0 Å². The molecule has 1 nitrogen and oxygen atoms in total. The van der Waals surface area contributed by atoms with Crippen molar-refractivity contribution in [1.29, 1.82) is 0 Å². The Kier molecular flexibility index (Phi) is 2.50. The number of aliphatic hydroxyl groups is 1. The van der Waals surface area contributed by atoms with Crippen molar-refractivity contribution < 1.29 is 5.11 Å². The van der Waals surface area contributed by atoms with Crippen LogP contribution < -0.4 is 0 Å². The second-order valence-electron chi connectivity index (χ2n) is 3.11. The standard InChI is InChI=1S/C9H16O/c1-3-5-8-7(4-2)9(8)6-10/h4,7-10H,2-3,5-6H2,1H3/t7-,8-,9-/m0/s1. The summed E-state index contributed by atoms with van der Waals surface area (Å²) in [6, 6.07) is 0. The Morgan fingerprint density at radius 3 is 2.50 bits per heavy atom. The Morgan fingerprint density at radius 2 is 2.20 bits per heavy atom. The van der Waals surface area contributed by atoms with E-state index in [-0.39, 0.29) is 0 Å². The Hall–Kier alpha value is -0.300. The molecular formula is C9H16O. The molecule has 10 heavy (non-hydrogen) atoms. The van der Waals surface area contributed by atoms with Gasteiger partial charge < -0.3 is 5.11 Å². The van der Waals surface area contributed by atoms with Crippen LogP contribution in [0.3, 0.4) is 0 Å². The molecule has 0 bridgehead atoms. The monoisotopic (exact) mass is 140 g/mol. The molecule has 58 valence electrons. The summed E-state index contributed by atoms with van der Waals surface area (Å²) in [6.45, 7) is 6.28. The number of rotatable bonds is 4. The van der Waals surface area contributed by atoms with Gasteiger partial charge in [0.2, 0.25) is 0 Å². The number of allylic oxidation sites excluding steroid dienone is 1. The molecule has 0 amide bonds. The van der Waals surface area contributed by atoms with Crippen LogP contribution in [0.5, 0.6) is 0 Å². The summed E-state index contributed by atoms with van der Waals surface area (Å²) in [5.74, 6) is 1.90. The maximum Gasteiger partial charge on any atom is 0.0467 e. The zero-order valence-corrected chi connectivity index (χ0v) is 6.59. The second-order valence-corrected chi connectivity index (χ2v) is 3.11. The van der Waals surface area contributed by atoms with Crippen LogP contribution in [0.2, 0.25) is 0 Å². The van der Waals surface area contributed by atoms with Gasteiger partial charge in [-0.2, -0.15) is 0 Å². The van der Waals surface area contributed by atoms with Crippen molar-refractivity contribution >= 4 is 0 Å². The molecule has 1 saturated carbocycles. The molecular weight excluding hydrogens is 124 g/mol. The highest BCUT2D eigenvalue weighted by Gasteiger charge is 2.45. The van der Waals surface area contributed by atoms with E-state index in [0.717, 1.165) is 5.92 Å². The van der Waals surface area contributed by atoms with E-state index in [1.54, 1.807) is 0 Å². The lowest BCUT2D eigenvalue weighted by molar-refractivity contribution is 0.265. The first-order valence-electron chi connectivity index (χ1n) is 4.08. The Balaban J connectivity index is 2.29. The summed E-state index contributed by atoms with van der Waals surface area (Å²) in [6.07, 6.45) is 4.47. The minimum Gasteiger partial charge on any atom is -0.396 e. The fourth-order valence-electron chi connectivity index (χ4n) is 1.82. The van der Waals surface area contributed by atoms with Gasteiger partial charge in [0.15, 0.2) is 0 Å². The predicted molar refractivity (Wildman–Crippen MR) is 42.7 cm³/mol. The molecule has 0 aromatic carbocycles. The van der Waals surface area contributed by atoms with E-state index in [4.69, 9.17) is 5.11 Å². The van der Waals surface area contributed by atoms with Gasteiger partial charge in [-0.25, -0.2) is 0 Å². The summed E-state index contributed by atoms with van der Waals surface area (Å²) in [5, 5.41) is 8.86. The van der Waals surface area contributed by atoms with E-state index >= 15 is 0 Å². The van der Waals surface area contributed by atoms with Gasteiger partial charge in [0.05, 0.1) is 0 Å². The van der Waals surface area contributed by atoms with Crippen LogP contribution in [0.4, 0.5) is 0 Å². The van der Waals surface area contributed by atoms with Gasteiger partial charge >= 0.3 is 0 Å².